The summed E-state index contributed by atoms with van der Waals surface area (Å²) in [4.78, 5) is 0. The molecule has 0 unspecified atom stereocenters. The summed E-state index contributed by atoms with van der Waals surface area (Å²) < 4.78 is 0. The molecule has 2 nitrogen and oxygen atoms in total. The van der Waals surface area contributed by atoms with Crippen LogP contribution in [0.5, 0.6) is 0 Å². The van der Waals surface area contributed by atoms with Crippen LogP contribution in [0.2, 0.25) is 0 Å². The molecule has 4 N–H and O–H groups in total. The van der Waals surface area contributed by atoms with Gasteiger partial charge in [-0.3, -0.25) is 0 Å². The van der Waals surface area contributed by atoms with Crippen molar-refractivity contribution in [3.8, 4) is 0 Å². The standard InChI is InChI=1S/C27H28N2/c28-16-15-22(17-23-11-5-9-20-7-1-3-13-26(20)23)25(19-29)18-24-12-6-10-21-8-2-4-14-27(21)24/h1-14H,15-19,28-29H2. The third-order valence-corrected chi connectivity index (χ3v) is 5.76. The van der Waals surface area contributed by atoms with Crippen LogP contribution in [0.25, 0.3) is 21.5 Å². The first kappa shape index (κ1) is 19.4. The van der Waals surface area contributed by atoms with Crippen molar-refractivity contribution in [1.82, 2.24) is 0 Å². The van der Waals surface area contributed by atoms with Gasteiger partial charge >= 0.3 is 0 Å². The molecular weight excluding hydrogens is 352 g/mol. The average Bonchev–Trinajstić information content (AvgIpc) is 2.77. The summed E-state index contributed by atoms with van der Waals surface area (Å²) in [6, 6.07) is 30.2. The fourth-order valence-corrected chi connectivity index (χ4v) is 4.26. The van der Waals surface area contributed by atoms with Gasteiger partial charge in [-0.1, -0.05) is 96.1 Å². The molecule has 0 spiro atoms. The van der Waals surface area contributed by atoms with Crippen molar-refractivity contribution in [2.24, 2.45) is 11.5 Å². The summed E-state index contributed by atoms with van der Waals surface area (Å²) in [5.74, 6) is 0. The molecule has 0 aliphatic carbocycles. The molecule has 0 aliphatic heterocycles. The SMILES string of the molecule is NCCC(Cc1cccc2ccccc12)=C(CN)Cc1cccc2ccccc12. The zero-order valence-corrected chi connectivity index (χ0v) is 16.8. The van der Waals surface area contributed by atoms with Gasteiger partial charge in [0.15, 0.2) is 0 Å². The van der Waals surface area contributed by atoms with Crippen molar-refractivity contribution < 1.29 is 0 Å². The van der Waals surface area contributed by atoms with E-state index in [-0.39, 0.29) is 0 Å². The highest BCUT2D eigenvalue weighted by Gasteiger charge is 2.11. The normalized spacial score (nSPS) is 12.3. The van der Waals surface area contributed by atoms with E-state index in [2.05, 4.69) is 84.9 Å². The molecule has 0 radical (unpaired) electrons. The molecule has 0 bridgehead atoms. The summed E-state index contributed by atoms with van der Waals surface area (Å²) in [6.45, 7) is 1.20. The van der Waals surface area contributed by atoms with Crippen molar-refractivity contribution in [3.05, 3.63) is 107 Å². The van der Waals surface area contributed by atoms with E-state index in [0.29, 0.717) is 13.1 Å². The van der Waals surface area contributed by atoms with Crippen LogP contribution in [-0.4, -0.2) is 13.1 Å². The monoisotopic (exact) mass is 380 g/mol. The number of hydrogen-bond acceptors (Lipinski definition) is 2. The fraction of sp³-hybridized carbons (Fsp3) is 0.185. The van der Waals surface area contributed by atoms with Crippen LogP contribution in [-0.2, 0) is 12.8 Å². The lowest BCUT2D eigenvalue weighted by molar-refractivity contribution is 0.861. The molecule has 4 aromatic rings. The average molecular weight is 381 g/mol. The molecule has 0 aromatic heterocycles. The predicted octanol–water partition coefficient (Wildman–Crippen LogP) is 5.38. The van der Waals surface area contributed by atoms with E-state index in [9.17, 15) is 0 Å². The minimum absolute atomic E-state index is 0.559. The second kappa shape index (κ2) is 9.04. The maximum Gasteiger partial charge on any atom is 0.0142 e. The Morgan fingerprint density at radius 3 is 1.55 bits per heavy atom. The highest BCUT2D eigenvalue weighted by molar-refractivity contribution is 5.87. The molecule has 0 saturated heterocycles. The quantitative estimate of drug-likeness (QED) is 0.423. The second-order valence-corrected chi connectivity index (χ2v) is 7.58. The Hall–Kier alpha value is -2.94. The summed E-state index contributed by atoms with van der Waals surface area (Å²) in [5, 5.41) is 5.17. The molecular formula is C27H28N2. The summed E-state index contributed by atoms with van der Waals surface area (Å²) in [7, 11) is 0. The lowest BCUT2D eigenvalue weighted by atomic mass is 9.90. The molecule has 4 aromatic carbocycles. The molecule has 29 heavy (non-hydrogen) atoms. The fourth-order valence-electron chi connectivity index (χ4n) is 4.26. The van der Waals surface area contributed by atoms with E-state index < -0.39 is 0 Å². The van der Waals surface area contributed by atoms with E-state index >= 15 is 0 Å². The first-order valence-corrected chi connectivity index (χ1v) is 10.3. The van der Waals surface area contributed by atoms with Crippen LogP contribution < -0.4 is 11.5 Å². The van der Waals surface area contributed by atoms with Crippen molar-refractivity contribution >= 4 is 21.5 Å². The third-order valence-electron chi connectivity index (χ3n) is 5.76. The van der Waals surface area contributed by atoms with Crippen molar-refractivity contribution in [2.45, 2.75) is 19.3 Å². The molecule has 0 saturated carbocycles. The first-order valence-electron chi connectivity index (χ1n) is 10.3. The summed E-state index contributed by atoms with van der Waals surface area (Å²) in [6.07, 6.45) is 2.65. The van der Waals surface area contributed by atoms with Gasteiger partial charge < -0.3 is 11.5 Å². The molecule has 0 fully saturated rings. The van der Waals surface area contributed by atoms with Crippen LogP contribution in [0.4, 0.5) is 0 Å². The molecule has 4 rings (SSSR count). The number of nitrogens with two attached hydrogens (primary N) is 2. The molecule has 0 heterocycles. The zero-order chi connectivity index (χ0) is 20.1. The van der Waals surface area contributed by atoms with E-state index in [4.69, 9.17) is 11.5 Å². The highest BCUT2D eigenvalue weighted by atomic mass is 14.5. The molecule has 0 atom stereocenters. The van der Waals surface area contributed by atoms with E-state index in [0.717, 1.165) is 19.3 Å². The van der Waals surface area contributed by atoms with Crippen LogP contribution in [0.3, 0.4) is 0 Å². The van der Waals surface area contributed by atoms with Gasteiger partial charge in [0.2, 0.25) is 0 Å². The van der Waals surface area contributed by atoms with Crippen LogP contribution in [0, 0.1) is 0 Å². The van der Waals surface area contributed by atoms with Gasteiger partial charge in [0, 0.05) is 6.54 Å². The Kier molecular flexibility index (Phi) is 6.04. The van der Waals surface area contributed by atoms with Crippen LogP contribution >= 0.6 is 0 Å². The number of rotatable bonds is 7. The van der Waals surface area contributed by atoms with Gasteiger partial charge in [0.25, 0.3) is 0 Å². The van der Waals surface area contributed by atoms with E-state index in [1.165, 1.54) is 43.8 Å². The van der Waals surface area contributed by atoms with Crippen molar-refractivity contribution in [2.75, 3.05) is 13.1 Å². The van der Waals surface area contributed by atoms with Gasteiger partial charge in [-0.25, -0.2) is 0 Å². The van der Waals surface area contributed by atoms with Crippen LogP contribution in [0.15, 0.2) is 96.1 Å². The van der Waals surface area contributed by atoms with Crippen molar-refractivity contribution in [1.29, 1.82) is 0 Å². The van der Waals surface area contributed by atoms with Gasteiger partial charge in [-0.05, 0) is 58.5 Å². The molecule has 0 aliphatic rings. The number of benzene rings is 4. The van der Waals surface area contributed by atoms with Gasteiger partial charge in [0.05, 0.1) is 0 Å². The van der Waals surface area contributed by atoms with Gasteiger partial charge in [-0.15, -0.1) is 0 Å². The molecule has 2 heteroatoms. The second-order valence-electron chi connectivity index (χ2n) is 7.58. The van der Waals surface area contributed by atoms with Crippen LogP contribution in [0.1, 0.15) is 17.5 Å². The van der Waals surface area contributed by atoms with Crippen molar-refractivity contribution in [3.63, 3.8) is 0 Å². The Morgan fingerprint density at radius 2 is 1.03 bits per heavy atom. The number of fused-ring (bicyclic) bond motifs is 2. The summed E-state index contributed by atoms with van der Waals surface area (Å²) in [5.41, 5.74) is 17.6. The van der Waals surface area contributed by atoms with Gasteiger partial charge in [-0.2, -0.15) is 0 Å². The maximum atomic E-state index is 6.26. The lowest BCUT2D eigenvalue weighted by Crippen LogP contribution is -2.13. The Labute approximate surface area is 172 Å². The Balaban J connectivity index is 1.74. The topological polar surface area (TPSA) is 52.0 Å². The third kappa shape index (κ3) is 4.24. The van der Waals surface area contributed by atoms with E-state index in [1.807, 2.05) is 0 Å². The van der Waals surface area contributed by atoms with Gasteiger partial charge in [0.1, 0.15) is 0 Å². The minimum atomic E-state index is 0.559. The highest BCUT2D eigenvalue weighted by Crippen LogP contribution is 2.26. The smallest absolute Gasteiger partial charge is 0.0142 e. The summed E-state index contributed by atoms with van der Waals surface area (Å²) >= 11 is 0. The maximum absolute atomic E-state index is 6.26. The Bertz CT molecular complexity index is 1150. The minimum Gasteiger partial charge on any atom is -0.330 e. The molecule has 0 amide bonds. The largest absolute Gasteiger partial charge is 0.330 e. The predicted molar refractivity (Wildman–Crippen MR) is 125 cm³/mol. The first-order chi connectivity index (χ1) is 14.3. The lowest BCUT2D eigenvalue weighted by Gasteiger charge is -2.17. The molecule has 146 valence electrons. The Morgan fingerprint density at radius 1 is 0.552 bits per heavy atom. The van der Waals surface area contributed by atoms with E-state index in [1.54, 1.807) is 0 Å². The number of hydrogen-bond donors (Lipinski definition) is 2. The zero-order valence-electron chi connectivity index (χ0n) is 16.8.